The summed E-state index contributed by atoms with van der Waals surface area (Å²) in [6.45, 7) is 3.41. The molecule has 0 spiro atoms. The van der Waals surface area contributed by atoms with Crippen molar-refractivity contribution in [1.82, 2.24) is 5.32 Å². The molecule has 144 valence electrons. The van der Waals surface area contributed by atoms with Crippen molar-refractivity contribution in [3.8, 4) is 0 Å². The van der Waals surface area contributed by atoms with E-state index in [9.17, 15) is 4.79 Å². The molecule has 1 fully saturated rings. The minimum atomic E-state index is -0.0748. The monoisotopic (exact) mass is 374 g/mol. The Morgan fingerprint density at radius 2 is 1.82 bits per heavy atom. The van der Waals surface area contributed by atoms with E-state index >= 15 is 0 Å². The Hall–Kier alpha value is -2.85. The number of rotatable bonds is 4. The SMILES string of the molecule is Cc1ccc(N)cc1C(=O)NC(c1cccc2ccccc12)C1CCOCC1. The highest BCUT2D eigenvalue weighted by molar-refractivity contribution is 5.97. The first-order chi connectivity index (χ1) is 13.6. The summed E-state index contributed by atoms with van der Waals surface area (Å²) in [6, 6.07) is 20.1. The zero-order valence-electron chi connectivity index (χ0n) is 16.2. The first-order valence-corrected chi connectivity index (χ1v) is 9.86. The van der Waals surface area contributed by atoms with Gasteiger partial charge in [-0.25, -0.2) is 0 Å². The first kappa shape index (κ1) is 18.5. The van der Waals surface area contributed by atoms with E-state index in [-0.39, 0.29) is 11.9 Å². The highest BCUT2D eigenvalue weighted by Gasteiger charge is 2.28. The molecule has 0 aliphatic carbocycles. The van der Waals surface area contributed by atoms with Gasteiger partial charge in [0.1, 0.15) is 0 Å². The molecule has 0 aromatic heterocycles. The first-order valence-electron chi connectivity index (χ1n) is 9.86. The molecule has 1 atom stereocenters. The maximum absolute atomic E-state index is 13.2. The maximum Gasteiger partial charge on any atom is 0.252 e. The summed E-state index contributed by atoms with van der Waals surface area (Å²) < 4.78 is 5.57. The number of anilines is 1. The predicted octanol–water partition coefficient (Wildman–Crippen LogP) is 4.63. The summed E-state index contributed by atoms with van der Waals surface area (Å²) in [6.07, 6.45) is 1.87. The number of amides is 1. The molecular formula is C24H26N2O2. The molecule has 0 bridgehead atoms. The van der Waals surface area contributed by atoms with Crippen molar-refractivity contribution in [3.05, 3.63) is 77.4 Å². The number of hydrogen-bond donors (Lipinski definition) is 2. The number of aryl methyl sites for hydroxylation is 1. The minimum absolute atomic E-state index is 0.0664. The molecule has 1 saturated heterocycles. The number of ether oxygens (including phenoxy) is 1. The summed E-state index contributed by atoms with van der Waals surface area (Å²) >= 11 is 0. The largest absolute Gasteiger partial charge is 0.399 e. The lowest BCUT2D eigenvalue weighted by Crippen LogP contribution is -2.36. The van der Waals surface area contributed by atoms with Crippen LogP contribution in [0.4, 0.5) is 5.69 Å². The van der Waals surface area contributed by atoms with Gasteiger partial charge >= 0.3 is 0 Å². The molecule has 1 aliphatic rings. The van der Waals surface area contributed by atoms with Crippen LogP contribution in [0.3, 0.4) is 0 Å². The van der Waals surface area contributed by atoms with Gasteiger partial charge in [0, 0.05) is 24.5 Å². The van der Waals surface area contributed by atoms with Gasteiger partial charge in [-0.1, -0.05) is 48.5 Å². The van der Waals surface area contributed by atoms with E-state index in [1.54, 1.807) is 6.07 Å². The van der Waals surface area contributed by atoms with E-state index in [0.29, 0.717) is 17.2 Å². The zero-order valence-corrected chi connectivity index (χ0v) is 16.2. The molecule has 3 aromatic rings. The van der Waals surface area contributed by atoms with Gasteiger partial charge in [0.2, 0.25) is 0 Å². The molecule has 4 rings (SSSR count). The molecule has 1 amide bonds. The fourth-order valence-electron chi connectivity index (χ4n) is 4.12. The normalized spacial score (nSPS) is 16.0. The van der Waals surface area contributed by atoms with Crippen molar-refractivity contribution in [2.75, 3.05) is 18.9 Å². The number of hydrogen-bond acceptors (Lipinski definition) is 3. The summed E-state index contributed by atoms with van der Waals surface area (Å²) in [4.78, 5) is 13.2. The van der Waals surface area contributed by atoms with Gasteiger partial charge in [-0.15, -0.1) is 0 Å². The van der Waals surface area contributed by atoms with Crippen molar-refractivity contribution in [3.63, 3.8) is 0 Å². The Morgan fingerprint density at radius 1 is 1.07 bits per heavy atom. The van der Waals surface area contributed by atoms with Crippen LogP contribution in [0.5, 0.6) is 0 Å². The van der Waals surface area contributed by atoms with Gasteiger partial charge in [-0.3, -0.25) is 4.79 Å². The van der Waals surface area contributed by atoms with Crippen LogP contribution in [0, 0.1) is 12.8 Å². The molecule has 0 saturated carbocycles. The molecule has 4 heteroatoms. The summed E-state index contributed by atoms with van der Waals surface area (Å²) in [5.74, 6) is 0.263. The van der Waals surface area contributed by atoms with Crippen LogP contribution in [-0.2, 0) is 4.74 Å². The van der Waals surface area contributed by atoms with Crippen molar-refractivity contribution in [1.29, 1.82) is 0 Å². The lowest BCUT2D eigenvalue weighted by atomic mass is 9.84. The molecule has 4 nitrogen and oxygen atoms in total. The smallest absolute Gasteiger partial charge is 0.252 e. The molecule has 1 heterocycles. The van der Waals surface area contributed by atoms with E-state index in [1.807, 2.05) is 25.1 Å². The fourth-order valence-corrected chi connectivity index (χ4v) is 4.12. The number of carbonyl (C=O) groups is 1. The van der Waals surface area contributed by atoms with Gasteiger partial charge in [0.15, 0.2) is 0 Å². The van der Waals surface area contributed by atoms with Crippen LogP contribution >= 0.6 is 0 Å². The second kappa shape index (κ2) is 8.03. The van der Waals surface area contributed by atoms with Gasteiger partial charge < -0.3 is 15.8 Å². The van der Waals surface area contributed by atoms with E-state index in [1.165, 1.54) is 16.3 Å². The number of nitrogen functional groups attached to an aromatic ring is 1. The minimum Gasteiger partial charge on any atom is -0.399 e. The van der Waals surface area contributed by atoms with Crippen molar-refractivity contribution in [2.45, 2.75) is 25.8 Å². The van der Waals surface area contributed by atoms with E-state index in [0.717, 1.165) is 31.6 Å². The topological polar surface area (TPSA) is 64.4 Å². The van der Waals surface area contributed by atoms with Crippen LogP contribution in [0.1, 0.15) is 40.4 Å². The maximum atomic E-state index is 13.2. The quantitative estimate of drug-likeness (QED) is 0.655. The second-order valence-corrected chi connectivity index (χ2v) is 7.54. The number of carbonyl (C=O) groups excluding carboxylic acids is 1. The van der Waals surface area contributed by atoms with Crippen LogP contribution < -0.4 is 11.1 Å². The Balaban J connectivity index is 1.73. The molecule has 0 radical (unpaired) electrons. The Labute approximate surface area is 165 Å². The van der Waals surface area contributed by atoms with Crippen LogP contribution in [0.15, 0.2) is 60.7 Å². The van der Waals surface area contributed by atoms with E-state index < -0.39 is 0 Å². The third kappa shape index (κ3) is 3.73. The molecule has 3 aromatic carbocycles. The average molecular weight is 374 g/mol. The molecule has 1 aliphatic heterocycles. The predicted molar refractivity (Wildman–Crippen MR) is 113 cm³/mol. The summed E-state index contributed by atoms with van der Waals surface area (Å²) in [7, 11) is 0. The number of nitrogens with two attached hydrogens (primary N) is 1. The second-order valence-electron chi connectivity index (χ2n) is 7.54. The van der Waals surface area contributed by atoms with Crippen molar-refractivity contribution < 1.29 is 9.53 Å². The highest BCUT2D eigenvalue weighted by atomic mass is 16.5. The molecule has 28 heavy (non-hydrogen) atoms. The van der Waals surface area contributed by atoms with E-state index in [2.05, 4.69) is 41.7 Å². The van der Waals surface area contributed by atoms with E-state index in [4.69, 9.17) is 10.5 Å². The van der Waals surface area contributed by atoms with Gasteiger partial charge in [0.25, 0.3) is 5.91 Å². The van der Waals surface area contributed by atoms with Crippen molar-refractivity contribution in [2.24, 2.45) is 5.92 Å². The lowest BCUT2D eigenvalue weighted by molar-refractivity contribution is 0.0515. The zero-order chi connectivity index (χ0) is 19.5. The van der Waals surface area contributed by atoms with Crippen molar-refractivity contribution >= 4 is 22.4 Å². The number of nitrogens with one attached hydrogen (secondary N) is 1. The summed E-state index contributed by atoms with van der Waals surface area (Å²) in [5.41, 5.74) is 9.26. The van der Waals surface area contributed by atoms with Crippen LogP contribution in [-0.4, -0.2) is 19.1 Å². The lowest BCUT2D eigenvalue weighted by Gasteiger charge is -2.32. The Morgan fingerprint density at radius 3 is 2.64 bits per heavy atom. The fraction of sp³-hybridized carbons (Fsp3) is 0.292. The Bertz CT molecular complexity index is 988. The van der Waals surface area contributed by atoms with Crippen LogP contribution in [0.2, 0.25) is 0 Å². The van der Waals surface area contributed by atoms with Crippen LogP contribution in [0.25, 0.3) is 10.8 Å². The highest BCUT2D eigenvalue weighted by Crippen LogP contribution is 2.34. The number of benzene rings is 3. The summed E-state index contributed by atoms with van der Waals surface area (Å²) in [5, 5.41) is 5.70. The molecular weight excluding hydrogens is 348 g/mol. The third-order valence-electron chi connectivity index (χ3n) is 5.69. The standard InChI is InChI=1S/C24H26N2O2/c1-16-9-10-19(25)15-22(16)24(27)26-23(18-11-13-28-14-12-18)21-8-4-6-17-5-2-3-7-20(17)21/h2-10,15,18,23H,11-14,25H2,1H3,(H,26,27). The van der Waals surface area contributed by atoms with Gasteiger partial charge in [-0.2, -0.15) is 0 Å². The molecule has 3 N–H and O–H groups in total. The van der Waals surface area contributed by atoms with Gasteiger partial charge in [0.05, 0.1) is 6.04 Å². The number of fused-ring (bicyclic) bond motifs is 1. The Kier molecular flexibility index (Phi) is 5.31. The average Bonchev–Trinajstić information content (AvgIpc) is 2.74. The third-order valence-corrected chi connectivity index (χ3v) is 5.69. The molecule has 1 unspecified atom stereocenters. The van der Waals surface area contributed by atoms with Gasteiger partial charge in [-0.05, 0) is 59.7 Å².